The van der Waals surface area contributed by atoms with E-state index in [2.05, 4.69) is 32.2 Å². The van der Waals surface area contributed by atoms with Gasteiger partial charge in [0, 0.05) is 6.42 Å². The summed E-state index contributed by atoms with van der Waals surface area (Å²) in [6.07, 6.45) is 4.82. The predicted octanol–water partition coefficient (Wildman–Crippen LogP) is 4.41. The number of para-hydroxylation sites is 2. The average Bonchev–Trinajstić information content (AvgIpc) is 2.38. The van der Waals surface area contributed by atoms with Crippen LogP contribution in [0.5, 0.6) is 5.75 Å². The number of methoxy groups -OCH3 is 1. The van der Waals surface area contributed by atoms with Gasteiger partial charge in [-0.3, -0.25) is 4.79 Å². The predicted molar refractivity (Wildman–Crippen MR) is 84.1 cm³/mol. The molecule has 3 heteroatoms. The van der Waals surface area contributed by atoms with Crippen molar-refractivity contribution in [3.8, 4) is 5.75 Å². The van der Waals surface area contributed by atoms with E-state index in [-0.39, 0.29) is 5.91 Å². The van der Waals surface area contributed by atoms with Crippen LogP contribution in [-0.2, 0) is 4.79 Å². The molecule has 0 saturated carbocycles. The van der Waals surface area contributed by atoms with Crippen LogP contribution in [0.1, 0.15) is 40.0 Å². The molecule has 1 amide bonds. The van der Waals surface area contributed by atoms with Crippen molar-refractivity contribution in [2.75, 3.05) is 12.4 Å². The van der Waals surface area contributed by atoms with Crippen LogP contribution in [0.2, 0.25) is 0 Å². The van der Waals surface area contributed by atoms with Gasteiger partial charge >= 0.3 is 0 Å². The fourth-order valence-corrected chi connectivity index (χ4v) is 2.02. The van der Waals surface area contributed by atoms with Crippen LogP contribution in [0.25, 0.3) is 0 Å². The summed E-state index contributed by atoms with van der Waals surface area (Å²) in [5, 5.41) is 2.91. The Morgan fingerprint density at radius 3 is 2.70 bits per heavy atom. The highest BCUT2D eigenvalue weighted by Gasteiger charge is 2.10. The summed E-state index contributed by atoms with van der Waals surface area (Å²) in [6.45, 7) is 6.30. The van der Waals surface area contributed by atoms with Crippen molar-refractivity contribution in [1.82, 2.24) is 0 Å². The van der Waals surface area contributed by atoms with Crippen LogP contribution in [0.3, 0.4) is 0 Å². The quantitative estimate of drug-likeness (QED) is 0.749. The summed E-state index contributed by atoms with van der Waals surface area (Å²) in [7, 11) is 1.60. The van der Waals surface area contributed by atoms with Crippen molar-refractivity contribution in [1.29, 1.82) is 0 Å². The first-order chi connectivity index (χ1) is 9.52. The van der Waals surface area contributed by atoms with E-state index in [1.807, 2.05) is 24.3 Å². The van der Waals surface area contributed by atoms with Gasteiger partial charge in [0.25, 0.3) is 0 Å². The molecule has 20 heavy (non-hydrogen) atoms. The molecular formula is C17H25NO2. The minimum absolute atomic E-state index is 0.0409. The Bertz CT molecular complexity index is 462. The van der Waals surface area contributed by atoms with Crippen molar-refractivity contribution in [2.45, 2.75) is 40.0 Å². The lowest BCUT2D eigenvalue weighted by Crippen LogP contribution is -2.15. The highest BCUT2D eigenvalue weighted by molar-refractivity contribution is 5.92. The number of amides is 1. The van der Waals surface area contributed by atoms with Gasteiger partial charge in [0.15, 0.2) is 0 Å². The summed E-state index contributed by atoms with van der Waals surface area (Å²) >= 11 is 0. The van der Waals surface area contributed by atoms with E-state index in [0.29, 0.717) is 18.1 Å². The van der Waals surface area contributed by atoms with Crippen molar-refractivity contribution in [3.63, 3.8) is 0 Å². The summed E-state index contributed by atoms with van der Waals surface area (Å²) in [5.41, 5.74) is 2.06. The summed E-state index contributed by atoms with van der Waals surface area (Å²) in [6, 6.07) is 7.46. The number of hydrogen-bond donors (Lipinski definition) is 1. The Hall–Kier alpha value is -1.77. The minimum Gasteiger partial charge on any atom is -0.495 e. The van der Waals surface area contributed by atoms with Gasteiger partial charge in [0.2, 0.25) is 5.91 Å². The SMILES string of the molecule is COc1ccccc1NC(=O)CC(C)CCC=C(C)C. The molecule has 1 atom stereocenters. The number of benzene rings is 1. The summed E-state index contributed by atoms with van der Waals surface area (Å²) < 4.78 is 5.22. The summed E-state index contributed by atoms with van der Waals surface area (Å²) in [4.78, 5) is 12.0. The first kappa shape index (κ1) is 16.3. The van der Waals surface area contributed by atoms with Crippen LogP contribution >= 0.6 is 0 Å². The van der Waals surface area contributed by atoms with E-state index in [1.54, 1.807) is 7.11 Å². The number of anilines is 1. The molecule has 0 bridgehead atoms. The number of carbonyl (C=O) groups excluding carboxylic acids is 1. The van der Waals surface area contributed by atoms with Crippen molar-refractivity contribution in [3.05, 3.63) is 35.9 Å². The van der Waals surface area contributed by atoms with E-state index in [4.69, 9.17) is 4.74 Å². The highest BCUT2D eigenvalue weighted by atomic mass is 16.5. The average molecular weight is 275 g/mol. The van der Waals surface area contributed by atoms with E-state index < -0.39 is 0 Å². The molecule has 1 N–H and O–H groups in total. The Labute approximate surface area is 122 Å². The second-order valence-electron chi connectivity index (χ2n) is 5.42. The monoisotopic (exact) mass is 275 g/mol. The Morgan fingerprint density at radius 2 is 2.05 bits per heavy atom. The molecule has 0 aliphatic carbocycles. The molecule has 0 aliphatic heterocycles. The van der Waals surface area contributed by atoms with Crippen LogP contribution < -0.4 is 10.1 Å². The number of rotatable bonds is 7. The standard InChI is InChI=1S/C17H25NO2/c1-13(2)8-7-9-14(3)12-17(19)18-15-10-5-6-11-16(15)20-4/h5-6,8,10-11,14H,7,9,12H2,1-4H3,(H,18,19). The number of carbonyl (C=O) groups is 1. The lowest BCUT2D eigenvalue weighted by atomic mass is 10.0. The largest absolute Gasteiger partial charge is 0.495 e. The van der Waals surface area contributed by atoms with Crippen molar-refractivity contribution in [2.24, 2.45) is 5.92 Å². The zero-order valence-corrected chi connectivity index (χ0v) is 12.9. The Kier molecular flexibility index (Phi) is 6.85. The third-order valence-corrected chi connectivity index (χ3v) is 3.13. The smallest absolute Gasteiger partial charge is 0.224 e. The van der Waals surface area contributed by atoms with Gasteiger partial charge in [-0.15, -0.1) is 0 Å². The van der Waals surface area contributed by atoms with Gasteiger partial charge in [-0.2, -0.15) is 0 Å². The molecule has 1 aromatic carbocycles. The fraction of sp³-hybridized carbons (Fsp3) is 0.471. The van der Waals surface area contributed by atoms with Crippen molar-refractivity contribution >= 4 is 11.6 Å². The van der Waals surface area contributed by atoms with E-state index >= 15 is 0 Å². The fourth-order valence-electron chi connectivity index (χ4n) is 2.02. The maximum Gasteiger partial charge on any atom is 0.224 e. The van der Waals surface area contributed by atoms with E-state index in [0.717, 1.165) is 18.5 Å². The second-order valence-corrected chi connectivity index (χ2v) is 5.42. The maximum absolute atomic E-state index is 12.0. The molecule has 0 radical (unpaired) electrons. The molecule has 1 unspecified atom stereocenters. The first-order valence-corrected chi connectivity index (χ1v) is 7.09. The third kappa shape index (κ3) is 5.91. The topological polar surface area (TPSA) is 38.3 Å². The molecule has 1 rings (SSSR count). The number of ether oxygens (including phenoxy) is 1. The lowest BCUT2D eigenvalue weighted by molar-refractivity contribution is -0.117. The highest BCUT2D eigenvalue weighted by Crippen LogP contribution is 2.23. The number of allylic oxidation sites excluding steroid dienone is 2. The molecule has 0 saturated heterocycles. The first-order valence-electron chi connectivity index (χ1n) is 7.09. The minimum atomic E-state index is 0.0409. The molecule has 0 aromatic heterocycles. The van der Waals surface area contributed by atoms with Crippen LogP contribution in [-0.4, -0.2) is 13.0 Å². The lowest BCUT2D eigenvalue weighted by Gasteiger charge is -2.12. The maximum atomic E-state index is 12.0. The van der Waals surface area contributed by atoms with Gasteiger partial charge in [-0.05, 0) is 44.7 Å². The molecule has 0 aliphatic rings. The zero-order valence-electron chi connectivity index (χ0n) is 12.9. The Balaban J connectivity index is 2.45. The van der Waals surface area contributed by atoms with Gasteiger partial charge in [0.1, 0.15) is 5.75 Å². The van der Waals surface area contributed by atoms with E-state index in [1.165, 1.54) is 5.57 Å². The third-order valence-electron chi connectivity index (χ3n) is 3.13. The molecule has 110 valence electrons. The molecule has 3 nitrogen and oxygen atoms in total. The molecule has 0 spiro atoms. The number of nitrogens with one attached hydrogen (secondary N) is 1. The zero-order chi connectivity index (χ0) is 15.0. The Morgan fingerprint density at radius 1 is 1.35 bits per heavy atom. The van der Waals surface area contributed by atoms with Gasteiger partial charge in [-0.1, -0.05) is 30.7 Å². The molecular weight excluding hydrogens is 250 g/mol. The second kappa shape index (κ2) is 8.41. The van der Waals surface area contributed by atoms with Gasteiger partial charge in [-0.25, -0.2) is 0 Å². The van der Waals surface area contributed by atoms with Crippen molar-refractivity contribution < 1.29 is 9.53 Å². The van der Waals surface area contributed by atoms with Crippen LogP contribution in [0.4, 0.5) is 5.69 Å². The molecule has 1 aromatic rings. The van der Waals surface area contributed by atoms with Crippen LogP contribution in [0, 0.1) is 5.92 Å². The van der Waals surface area contributed by atoms with Gasteiger partial charge in [0.05, 0.1) is 12.8 Å². The molecule has 0 heterocycles. The number of hydrogen-bond acceptors (Lipinski definition) is 2. The van der Waals surface area contributed by atoms with Crippen LogP contribution in [0.15, 0.2) is 35.9 Å². The molecule has 0 fully saturated rings. The summed E-state index contributed by atoms with van der Waals surface area (Å²) in [5.74, 6) is 1.11. The van der Waals surface area contributed by atoms with E-state index in [9.17, 15) is 4.79 Å². The normalized spacial score (nSPS) is 11.6. The van der Waals surface area contributed by atoms with Gasteiger partial charge < -0.3 is 10.1 Å².